The van der Waals surface area contributed by atoms with Crippen LogP contribution in [-0.2, 0) is 5.75 Å². The molecular formula is C24H22FN3O3S. The van der Waals surface area contributed by atoms with Crippen molar-refractivity contribution in [1.29, 1.82) is 0 Å². The zero-order chi connectivity index (χ0) is 22.5. The summed E-state index contributed by atoms with van der Waals surface area (Å²) in [5.74, 6) is 2.44. The Balaban J connectivity index is 1.73. The summed E-state index contributed by atoms with van der Waals surface area (Å²) in [6.45, 7) is 0. The standard InChI is InChI=1S/C24H22FN3O3S/c1-29-18-11-9-17(10-12-18)28-23(19-6-4-5-7-21(19)30-2)26-27-24(28)32-15-16-8-13-22(31-3)20(25)14-16/h4-14H,15H2,1-3H3. The van der Waals surface area contributed by atoms with Crippen LogP contribution in [0.15, 0.2) is 71.9 Å². The van der Waals surface area contributed by atoms with E-state index >= 15 is 0 Å². The van der Waals surface area contributed by atoms with Gasteiger partial charge in [-0.3, -0.25) is 4.57 Å². The predicted octanol–water partition coefficient (Wildman–Crippen LogP) is 5.39. The molecule has 4 aromatic rings. The third kappa shape index (κ3) is 4.40. The van der Waals surface area contributed by atoms with Gasteiger partial charge >= 0.3 is 0 Å². The van der Waals surface area contributed by atoms with Gasteiger partial charge < -0.3 is 14.2 Å². The summed E-state index contributed by atoms with van der Waals surface area (Å²) in [5, 5.41) is 9.56. The number of thioether (sulfide) groups is 1. The molecule has 164 valence electrons. The monoisotopic (exact) mass is 451 g/mol. The van der Waals surface area contributed by atoms with Crippen LogP contribution >= 0.6 is 11.8 Å². The van der Waals surface area contributed by atoms with Crippen molar-refractivity contribution in [2.24, 2.45) is 0 Å². The number of rotatable bonds is 8. The molecule has 0 radical (unpaired) electrons. The lowest BCUT2D eigenvalue weighted by Crippen LogP contribution is -2.01. The number of hydrogen-bond acceptors (Lipinski definition) is 6. The molecular weight excluding hydrogens is 429 g/mol. The molecule has 0 saturated heterocycles. The fourth-order valence-electron chi connectivity index (χ4n) is 3.28. The van der Waals surface area contributed by atoms with Crippen molar-refractivity contribution >= 4 is 11.8 Å². The number of ether oxygens (including phenoxy) is 3. The fraction of sp³-hybridized carbons (Fsp3) is 0.167. The first-order chi connectivity index (χ1) is 15.6. The van der Waals surface area contributed by atoms with E-state index in [0.717, 1.165) is 22.6 Å². The molecule has 0 spiro atoms. The predicted molar refractivity (Wildman–Crippen MR) is 122 cm³/mol. The molecule has 0 atom stereocenters. The van der Waals surface area contributed by atoms with Gasteiger partial charge in [-0.05, 0) is 54.1 Å². The molecule has 0 fully saturated rings. The zero-order valence-corrected chi connectivity index (χ0v) is 18.7. The molecule has 4 rings (SSSR count). The Morgan fingerprint density at radius 3 is 2.28 bits per heavy atom. The Morgan fingerprint density at radius 2 is 1.59 bits per heavy atom. The largest absolute Gasteiger partial charge is 0.497 e. The lowest BCUT2D eigenvalue weighted by atomic mass is 10.2. The summed E-state index contributed by atoms with van der Waals surface area (Å²) in [5.41, 5.74) is 2.51. The van der Waals surface area contributed by atoms with Crippen LogP contribution in [0.4, 0.5) is 4.39 Å². The Labute approximate surface area is 190 Å². The highest BCUT2D eigenvalue weighted by Gasteiger charge is 2.19. The highest BCUT2D eigenvalue weighted by atomic mass is 32.2. The minimum absolute atomic E-state index is 0.221. The van der Waals surface area contributed by atoms with Gasteiger partial charge in [-0.2, -0.15) is 0 Å². The van der Waals surface area contributed by atoms with Crippen LogP contribution in [0.1, 0.15) is 5.56 Å². The molecule has 32 heavy (non-hydrogen) atoms. The van der Waals surface area contributed by atoms with E-state index in [0.29, 0.717) is 22.5 Å². The molecule has 0 aliphatic heterocycles. The third-order valence-electron chi connectivity index (χ3n) is 4.90. The first kappa shape index (κ1) is 21.7. The van der Waals surface area contributed by atoms with E-state index in [1.165, 1.54) is 24.9 Å². The maximum absolute atomic E-state index is 14.1. The fourth-order valence-corrected chi connectivity index (χ4v) is 4.17. The second kappa shape index (κ2) is 9.74. The topological polar surface area (TPSA) is 58.4 Å². The Kier molecular flexibility index (Phi) is 6.61. The van der Waals surface area contributed by atoms with Crippen molar-refractivity contribution in [3.05, 3.63) is 78.1 Å². The van der Waals surface area contributed by atoms with Crippen LogP contribution in [-0.4, -0.2) is 36.1 Å². The maximum atomic E-state index is 14.1. The SMILES string of the molecule is COc1ccc(-n2c(SCc3ccc(OC)c(F)c3)nnc2-c2ccccc2OC)cc1. The first-order valence-electron chi connectivity index (χ1n) is 9.83. The van der Waals surface area contributed by atoms with Gasteiger partial charge in [0.15, 0.2) is 22.5 Å². The van der Waals surface area contributed by atoms with Crippen molar-refractivity contribution in [3.8, 4) is 34.3 Å². The molecule has 0 N–H and O–H groups in total. The summed E-state index contributed by atoms with van der Waals surface area (Å²) in [7, 11) is 4.70. The van der Waals surface area contributed by atoms with Crippen LogP contribution in [0.25, 0.3) is 17.1 Å². The Hall–Kier alpha value is -3.52. The molecule has 0 aliphatic rings. The van der Waals surface area contributed by atoms with Crippen LogP contribution in [0.2, 0.25) is 0 Å². The molecule has 1 aromatic heterocycles. The summed E-state index contributed by atoms with van der Waals surface area (Å²) in [6, 6.07) is 20.2. The van der Waals surface area contributed by atoms with Crippen molar-refractivity contribution in [2.75, 3.05) is 21.3 Å². The van der Waals surface area contributed by atoms with Crippen molar-refractivity contribution in [3.63, 3.8) is 0 Å². The van der Waals surface area contributed by atoms with E-state index in [2.05, 4.69) is 10.2 Å². The van der Waals surface area contributed by atoms with Gasteiger partial charge in [0.25, 0.3) is 0 Å². The molecule has 8 heteroatoms. The normalized spacial score (nSPS) is 10.8. The molecule has 6 nitrogen and oxygen atoms in total. The zero-order valence-electron chi connectivity index (χ0n) is 17.9. The van der Waals surface area contributed by atoms with E-state index in [4.69, 9.17) is 14.2 Å². The van der Waals surface area contributed by atoms with E-state index in [1.807, 2.05) is 59.2 Å². The summed E-state index contributed by atoms with van der Waals surface area (Å²) >= 11 is 1.47. The van der Waals surface area contributed by atoms with Gasteiger partial charge in [0, 0.05) is 5.75 Å². The molecule has 0 saturated carbocycles. The minimum Gasteiger partial charge on any atom is -0.497 e. The van der Waals surface area contributed by atoms with E-state index < -0.39 is 5.82 Å². The third-order valence-corrected chi connectivity index (χ3v) is 5.90. The Bertz CT molecular complexity index is 1210. The quantitative estimate of drug-likeness (QED) is 0.335. The van der Waals surface area contributed by atoms with Crippen LogP contribution in [0.5, 0.6) is 17.2 Å². The molecule has 0 aliphatic carbocycles. The van der Waals surface area contributed by atoms with Crippen molar-refractivity contribution in [2.45, 2.75) is 10.9 Å². The van der Waals surface area contributed by atoms with Crippen LogP contribution in [0, 0.1) is 5.82 Å². The number of halogens is 1. The lowest BCUT2D eigenvalue weighted by molar-refractivity contribution is 0.386. The number of hydrogen-bond donors (Lipinski definition) is 0. The van der Waals surface area contributed by atoms with E-state index in [-0.39, 0.29) is 5.75 Å². The second-order valence-electron chi connectivity index (χ2n) is 6.80. The highest BCUT2D eigenvalue weighted by molar-refractivity contribution is 7.98. The van der Waals surface area contributed by atoms with E-state index in [9.17, 15) is 4.39 Å². The van der Waals surface area contributed by atoms with Crippen LogP contribution < -0.4 is 14.2 Å². The van der Waals surface area contributed by atoms with Gasteiger partial charge in [0.1, 0.15) is 11.5 Å². The molecule has 1 heterocycles. The summed E-state index contributed by atoms with van der Waals surface area (Å²) in [4.78, 5) is 0. The van der Waals surface area contributed by atoms with Gasteiger partial charge in [-0.1, -0.05) is 30.0 Å². The highest BCUT2D eigenvalue weighted by Crippen LogP contribution is 2.34. The number of para-hydroxylation sites is 1. The van der Waals surface area contributed by atoms with Crippen molar-refractivity contribution < 1.29 is 18.6 Å². The lowest BCUT2D eigenvalue weighted by Gasteiger charge is -2.13. The average molecular weight is 452 g/mol. The van der Waals surface area contributed by atoms with Gasteiger partial charge in [-0.25, -0.2) is 4.39 Å². The summed E-state index contributed by atoms with van der Waals surface area (Å²) < 4.78 is 31.9. The van der Waals surface area contributed by atoms with Gasteiger partial charge in [0.2, 0.25) is 0 Å². The van der Waals surface area contributed by atoms with E-state index in [1.54, 1.807) is 20.3 Å². The average Bonchev–Trinajstić information content (AvgIpc) is 3.26. The number of benzene rings is 3. The minimum atomic E-state index is -0.392. The molecule has 0 unspecified atom stereocenters. The van der Waals surface area contributed by atoms with Gasteiger partial charge in [0.05, 0.1) is 32.6 Å². The second-order valence-corrected chi connectivity index (χ2v) is 7.74. The smallest absolute Gasteiger partial charge is 0.196 e. The molecule has 0 amide bonds. The van der Waals surface area contributed by atoms with Gasteiger partial charge in [-0.15, -0.1) is 10.2 Å². The first-order valence-corrected chi connectivity index (χ1v) is 10.8. The van der Waals surface area contributed by atoms with Crippen LogP contribution in [0.3, 0.4) is 0 Å². The number of methoxy groups -OCH3 is 3. The molecule has 0 bridgehead atoms. The summed E-state index contributed by atoms with van der Waals surface area (Å²) in [6.07, 6.45) is 0. The van der Waals surface area contributed by atoms with Crippen molar-refractivity contribution in [1.82, 2.24) is 14.8 Å². The molecule has 3 aromatic carbocycles. The number of aromatic nitrogens is 3. The Morgan fingerprint density at radius 1 is 0.844 bits per heavy atom. The number of nitrogens with zero attached hydrogens (tertiary/aromatic N) is 3. The maximum Gasteiger partial charge on any atom is 0.196 e.